The Labute approximate surface area is 179 Å². The third kappa shape index (κ3) is 6.78. The highest BCUT2D eigenvalue weighted by atomic mass is 32.2. The number of ether oxygens (including phenoxy) is 1. The highest BCUT2D eigenvalue weighted by Gasteiger charge is 2.32. The van der Waals surface area contributed by atoms with Crippen molar-refractivity contribution in [3.8, 4) is 0 Å². The molecule has 2 rings (SSSR count). The molecule has 1 heterocycles. The molecule has 30 heavy (non-hydrogen) atoms. The zero-order chi connectivity index (χ0) is 22.4. The fourth-order valence-electron chi connectivity index (χ4n) is 3.29. The summed E-state index contributed by atoms with van der Waals surface area (Å²) in [5.41, 5.74) is 0.127. The van der Waals surface area contributed by atoms with E-state index in [-0.39, 0.29) is 22.6 Å². The topological polar surface area (TPSA) is 105 Å². The van der Waals surface area contributed by atoms with E-state index in [4.69, 9.17) is 4.74 Å². The Morgan fingerprint density at radius 1 is 1.13 bits per heavy atom. The quantitative estimate of drug-likeness (QED) is 0.605. The van der Waals surface area contributed by atoms with Crippen molar-refractivity contribution in [1.82, 2.24) is 9.62 Å². The van der Waals surface area contributed by atoms with Crippen LogP contribution in [0.2, 0.25) is 0 Å². The minimum Gasteiger partial charge on any atom is -0.385 e. The normalized spacial score (nSPS) is 15.8. The van der Waals surface area contributed by atoms with Crippen LogP contribution in [-0.4, -0.2) is 58.5 Å². The van der Waals surface area contributed by atoms with Gasteiger partial charge in [0.25, 0.3) is 0 Å². The first kappa shape index (κ1) is 24.3. The average molecular weight is 440 g/mol. The summed E-state index contributed by atoms with van der Waals surface area (Å²) < 4.78 is 31.9. The largest absolute Gasteiger partial charge is 0.385 e. The van der Waals surface area contributed by atoms with Crippen LogP contribution in [0, 0.1) is 11.3 Å². The Kier molecular flexibility index (Phi) is 8.40. The summed E-state index contributed by atoms with van der Waals surface area (Å²) in [4.78, 5) is 26.9. The lowest BCUT2D eigenvalue weighted by molar-refractivity contribution is -0.142. The summed E-state index contributed by atoms with van der Waals surface area (Å²) in [6.07, 6.45) is 1.82. The number of piperidine rings is 1. The van der Waals surface area contributed by atoms with Gasteiger partial charge in [0.05, 0.1) is 4.90 Å². The highest BCUT2D eigenvalue weighted by Crippen LogP contribution is 2.24. The number of rotatable bonds is 8. The molecule has 0 aromatic heterocycles. The lowest BCUT2D eigenvalue weighted by atomic mass is 9.90. The van der Waals surface area contributed by atoms with Crippen molar-refractivity contribution in [1.29, 1.82) is 0 Å². The van der Waals surface area contributed by atoms with Crippen LogP contribution in [0.4, 0.5) is 5.69 Å². The fourth-order valence-corrected chi connectivity index (χ4v) is 4.36. The summed E-state index contributed by atoms with van der Waals surface area (Å²) >= 11 is 0. The number of hydrogen-bond donors (Lipinski definition) is 2. The molecule has 1 fully saturated rings. The molecular weight excluding hydrogens is 406 g/mol. The van der Waals surface area contributed by atoms with Crippen molar-refractivity contribution < 1.29 is 22.7 Å². The molecule has 0 spiro atoms. The maximum atomic E-state index is 12.6. The number of anilines is 1. The number of nitrogens with zero attached hydrogens (tertiary/aromatic N) is 1. The Morgan fingerprint density at radius 3 is 2.27 bits per heavy atom. The van der Waals surface area contributed by atoms with Gasteiger partial charge in [-0.15, -0.1) is 0 Å². The first-order valence-corrected chi connectivity index (χ1v) is 11.7. The molecule has 0 aliphatic carbocycles. The molecule has 0 radical (unpaired) electrons. The molecule has 8 nitrogen and oxygen atoms in total. The highest BCUT2D eigenvalue weighted by molar-refractivity contribution is 7.89. The number of methoxy groups -OCH3 is 1. The van der Waals surface area contributed by atoms with Gasteiger partial charge in [-0.3, -0.25) is 9.59 Å². The molecular formula is C21H33N3O5S. The predicted octanol–water partition coefficient (Wildman–Crippen LogP) is 2.22. The second-order valence-corrected chi connectivity index (χ2v) is 10.3. The summed E-state index contributed by atoms with van der Waals surface area (Å²) in [6.45, 7) is 7.61. The molecule has 2 amide bonds. The molecule has 1 saturated heterocycles. The maximum absolute atomic E-state index is 12.6. The van der Waals surface area contributed by atoms with E-state index in [0.29, 0.717) is 51.2 Å². The molecule has 0 saturated carbocycles. The van der Waals surface area contributed by atoms with Crippen LogP contribution in [0.5, 0.6) is 0 Å². The van der Waals surface area contributed by atoms with Crippen LogP contribution in [0.15, 0.2) is 29.2 Å². The zero-order valence-electron chi connectivity index (χ0n) is 18.2. The zero-order valence-corrected chi connectivity index (χ0v) is 19.0. The van der Waals surface area contributed by atoms with Gasteiger partial charge < -0.3 is 15.0 Å². The Hall–Kier alpha value is -1.97. The minimum atomic E-state index is -3.59. The predicted molar refractivity (Wildman–Crippen MR) is 116 cm³/mol. The number of hydrogen-bond acceptors (Lipinski definition) is 5. The number of benzene rings is 1. The van der Waals surface area contributed by atoms with Crippen molar-refractivity contribution in [2.75, 3.05) is 38.7 Å². The number of likely N-dealkylation sites (tertiary alicyclic amines) is 1. The van der Waals surface area contributed by atoms with E-state index in [1.807, 2.05) is 25.7 Å². The van der Waals surface area contributed by atoms with Gasteiger partial charge >= 0.3 is 0 Å². The van der Waals surface area contributed by atoms with E-state index < -0.39 is 15.4 Å². The summed E-state index contributed by atoms with van der Waals surface area (Å²) in [7, 11) is -2.02. The van der Waals surface area contributed by atoms with Gasteiger partial charge in [-0.1, -0.05) is 20.8 Å². The summed E-state index contributed by atoms with van der Waals surface area (Å²) in [6, 6.07) is 6.11. The van der Waals surface area contributed by atoms with Crippen LogP contribution < -0.4 is 10.0 Å². The molecule has 168 valence electrons. The van der Waals surface area contributed by atoms with Crippen molar-refractivity contribution >= 4 is 27.5 Å². The van der Waals surface area contributed by atoms with Crippen LogP contribution >= 0.6 is 0 Å². The van der Waals surface area contributed by atoms with Crippen molar-refractivity contribution in [2.24, 2.45) is 11.3 Å². The molecule has 1 aliphatic heterocycles. The minimum absolute atomic E-state index is 0.105. The number of nitrogens with one attached hydrogen (secondary N) is 2. The molecule has 1 aromatic carbocycles. The second kappa shape index (κ2) is 10.4. The molecule has 1 aliphatic rings. The average Bonchev–Trinajstić information content (AvgIpc) is 2.70. The van der Waals surface area contributed by atoms with Crippen LogP contribution in [0.1, 0.15) is 40.0 Å². The second-order valence-electron chi connectivity index (χ2n) is 8.57. The number of carbonyl (C=O) groups excluding carboxylic acids is 2. The van der Waals surface area contributed by atoms with E-state index in [0.717, 1.165) is 0 Å². The molecule has 0 unspecified atom stereocenters. The van der Waals surface area contributed by atoms with E-state index >= 15 is 0 Å². The van der Waals surface area contributed by atoms with Crippen LogP contribution in [0.3, 0.4) is 0 Å². The summed E-state index contributed by atoms with van der Waals surface area (Å²) in [5, 5.41) is 2.85. The third-order valence-electron chi connectivity index (χ3n) is 5.04. The first-order chi connectivity index (χ1) is 14.0. The van der Waals surface area contributed by atoms with Gasteiger partial charge in [-0.2, -0.15) is 0 Å². The first-order valence-electron chi connectivity index (χ1n) is 10.2. The summed E-state index contributed by atoms with van der Waals surface area (Å²) in [5.74, 6) is -0.167. The van der Waals surface area contributed by atoms with E-state index in [1.54, 1.807) is 19.2 Å². The van der Waals surface area contributed by atoms with E-state index in [1.165, 1.54) is 12.1 Å². The van der Waals surface area contributed by atoms with Crippen molar-refractivity contribution in [3.63, 3.8) is 0 Å². The van der Waals surface area contributed by atoms with Crippen LogP contribution in [-0.2, 0) is 24.3 Å². The van der Waals surface area contributed by atoms with Crippen molar-refractivity contribution in [3.05, 3.63) is 24.3 Å². The van der Waals surface area contributed by atoms with Crippen molar-refractivity contribution in [2.45, 2.75) is 44.9 Å². The van der Waals surface area contributed by atoms with E-state index in [9.17, 15) is 18.0 Å². The smallest absolute Gasteiger partial charge is 0.240 e. The van der Waals surface area contributed by atoms with Gasteiger partial charge in [-0.05, 0) is 43.5 Å². The maximum Gasteiger partial charge on any atom is 0.240 e. The van der Waals surface area contributed by atoms with Gasteiger partial charge in [0.15, 0.2) is 0 Å². The Balaban J connectivity index is 1.87. The molecule has 2 N–H and O–H groups in total. The molecule has 0 bridgehead atoms. The van der Waals surface area contributed by atoms with Gasteiger partial charge in [0.2, 0.25) is 21.8 Å². The Bertz CT molecular complexity index is 823. The number of sulfonamides is 1. The van der Waals surface area contributed by atoms with Crippen LogP contribution in [0.25, 0.3) is 0 Å². The molecule has 0 atom stereocenters. The van der Waals surface area contributed by atoms with E-state index in [2.05, 4.69) is 10.0 Å². The standard InChI is InChI=1S/C21H33N3O5S/c1-21(2,3)20(26)24-13-10-16(11-14-24)19(25)23-17-6-8-18(9-7-17)30(27,28)22-12-5-15-29-4/h6-9,16,22H,5,10-15H2,1-4H3,(H,23,25). The SMILES string of the molecule is COCCCNS(=O)(=O)c1ccc(NC(=O)C2CCN(C(=O)C(C)(C)C)CC2)cc1. The molecule has 9 heteroatoms. The van der Waals surface area contributed by atoms with Gasteiger partial charge in [0, 0.05) is 50.4 Å². The third-order valence-corrected chi connectivity index (χ3v) is 6.52. The number of amides is 2. The Morgan fingerprint density at radius 2 is 1.73 bits per heavy atom. The van der Waals surface area contributed by atoms with Gasteiger partial charge in [-0.25, -0.2) is 13.1 Å². The monoisotopic (exact) mass is 439 g/mol. The van der Waals surface area contributed by atoms with Gasteiger partial charge in [0.1, 0.15) is 0 Å². The lowest BCUT2D eigenvalue weighted by Crippen LogP contribution is -2.45. The molecule has 1 aromatic rings. The lowest BCUT2D eigenvalue weighted by Gasteiger charge is -2.35. The number of carbonyl (C=O) groups is 2. The fraction of sp³-hybridized carbons (Fsp3) is 0.619.